The monoisotopic (exact) mass is 456 g/mol. The zero-order valence-electron chi connectivity index (χ0n) is 17.7. The van der Waals surface area contributed by atoms with Gasteiger partial charge in [-0.1, -0.05) is 60.7 Å². The number of cyclic esters (lactones) is 1. The lowest BCUT2D eigenvalue weighted by Crippen LogP contribution is -2.34. The van der Waals surface area contributed by atoms with Gasteiger partial charge in [-0.3, -0.25) is 9.59 Å². The van der Waals surface area contributed by atoms with Gasteiger partial charge in [-0.2, -0.15) is 0 Å². The topological polar surface area (TPSA) is 129 Å². The summed E-state index contributed by atoms with van der Waals surface area (Å²) in [5.74, 6) is -2.92. The van der Waals surface area contributed by atoms with E-state index in [-0.39, 0.29) is 31.2 Å². The van der Waals surface area contributed by atoms with Crippen LogP contribution in [-0.2, 0) is 46.5 Å². The summed E-state index contributed by atoms with van der Waals surface area (Å²) in [4.78, 5) is 34.7. The zero-order valence-corrected chi connectivity index (χ0v) is 17.7. The van der Waals surface area contributed by atoms with Crippen molar-refractivity contribution in [1.29, 1.82) is 0 Å². The van der Waals surface area contributed by atoms with Gasteiger partial charge in [0.25, 0.3) is 0 Å². The second kappa shape index (κ2) is 11.7. The Balaban J connectivity index is 1.71. The molecule has 2 aromatic carbocycles. The molecule has 9 nitrogen and oxygen atoms in total. The van der Waals surface area contributed by atoms with Crippen molar-refractivity contribution in [1.82, 2.24) is 0 Å². The molecule has 0 bridgehead atoms. The van der Waals surface area contributed by atoms with E-state index in [9.17, 15) is 19.5 Å². The van der Waals surface area contributed by atoms with Gasteiger partial charge in [0.15, 0.2) is 11.9 Å². The molecule has 0 saturated carbocycles. The highest BCUT2D eigenvalue weighted by molar-refractivity contribution is 5.89. The van der Waals surface area contributed by atoms with Gasteiger partial charge in [0, 0.05) is 0 Å². The van der Waals surface area contributed by atoms with E-state index in [0.29, 0.717) is 0 Å². The number of aliphatic hydroxyl groups excluding tert-OH is 1. The molecule has 0 amide bonds. The van der Waals surface area contributed by atoms with Gasteiger partial charge in [-0.25, -0.2) is 4.79 Å². The molecule has 0 spiro atoms. The first-order valence-electron chi connectivity index (χ1n) is 10.3. The summed E-state index contributed by atoms with van der Waals surface area (Å²) in [5.41, 5.74) is 1.64. The average Bonchev–Trinajstić information content (AvgIpc) is 3.14. The van der Waals surface area contributed by atoms with Crippen molar-refractivity contribution >= 4 is 17.9 Å². The molecule has 2 N–H and O–H groups in total. The van der Waals surface area contributed by atoms with E-state index in [1.807, 2.05) is 60.7 Å². The van der Waals surface area contributed by atoms with Crippen LogP contribution < -0.4 is 0 Å². The number of esters is 2. The molecular formula is C24H24O9. The van der Waals surface area contributed by atoms with Crippen molar-refractivity contribution in [2.75, 3.05) is 6.61 Å². The molecule has 0 radical (unpaired) electrons. The molecule has 0 aromatic heterocycles. The van der Waals surface area contributed by atoms with Crippen LogP contribution in [0, 0.1) is 0 Å². The lowest BCUT2D eigenvalue weighted by atomic mass is 10.1. The highest BCUT2D eigenvalue weighted by atomic mass is 16.6. The van der Waals surface area contributed by atoms with Crippen LogP contribution in [0.1, 0.15) is 24.0 Å². The molecule has 3 rings (SSSR count). The number of hydrogen-bond donors (Lipinski definition) is 2. The number of carboxylic acid groups (broad SMARTS) is 1. The first-order valence-corrected chi connectivity index (χ1v) is 10.3. The van der Waals surface area contributed by atoms with Gasteiger partial charge in [-0.15, -0.1) is 0 Å². The number of carbonyl (C=O) groups is 3. The minimum Gasteiger partial charge on any atom is -0.485 e. The Morgan fingerprint density at radius 1 is 0.909 bits per heavy atom. The van der Waals surface area contributed by atoms with Gasteiger partial charge in [-0.05, 0) is 11.1 Å². The number of carbonyl (C=O) groups excluding carboxylic acids is 2. The van der Waals surface area contributed by atoms with Crippen LogP contribution in [0.25, 0.3) is 0 Å². The minimum absolute atomic E-state index is 0.00568. The molecule has 2 atom stereocenters. The maximum atomic E-state index is 12.5. The Bertz CT molecular complexity index is 986. The van der Waals surface area contributed by atoms with E-state index < -0.39 is 43.1 Å². The lowest BCUT2D eigenvalue weighted by molar-refractivity contribution is -0.156. The Kier molecular flexibility index (Phi) is 8.43. The normalized spacial score (nSPS) is 16.2. The van der Waals surface area contributed by atoms with Crippen molar-refractivity contribution in [3.8, 4) is 0 Å². The molecule has 2 aromatic rings. The van der Waals surface area contributed by atoms with E-state index in [1.54, 1.807) is 0 Å². The van der Waals surface area contributed by atoms with Gasteiger partial charge in [0.2, 0.25) is 5.76 Å². The summed E-state index contributed by atoms with van der Waals surface area (Å²) in [6, 6.07) is 18.4. The van der Waals surface area contributed by atoms with Crippen LogP contribution >= 0.6 is 0 Å². The SMILES string of the molecule is O=C(O)CCC(=O)OCC(O)C1OC(=O)C(OCc2ccccc2)=C1OCc1ccccc1. The molecule has 1 aliphatic rings. The van der Waals surface area contributed by atoms with E-state index >= 15 is 0 Å². The number of hydrogen-bond acceptors (Lipinski definition) is 8. The number of aliphatic carboxylic acids is 1. The molecule has 9 heteroatoms. The molecule has 1 aliphatic heterocycles. The Hall–Kier alpha value is -3.85. The zero-order chi connectivity index (χ0) is 23.6. The highest BCUT2D eigenvalue weighted by Gasteiger charge is 2.42. The fourth-order valence-electron chi connectivity index (χ4n) is 3.00. The Morgan fingerprint density at radius 2 is 1.48 bits per heavy atom. The molecule has 0 aliphatic carbocycles. The number of benzene rings is 2. The van der Waals surface area contributed by atoms with E-state index in [2.05, 4.69) is 0 Å². The van der Waals surface area contributed by atoms with E-state index in [4.69, 9.17) is 24.1 Å². The van der Waals surface area contributed by atoms with Crippen molar-refractivity contribution in [3.63, 3.8) is 0 Å². The van der Waals surface area contributed by atoms with Crippen LogP contribution in [0.3, 0.4) is 0 Å². The molecular weight excluding hydrogens is 432 g/mol. The van der Waals surface area contributed by atoms with Crippen molar-refractivity contribution < 1.29 is 43.5 Å². The number of ether oxygens (including phenoxy) is 4. The minimum atomic E-state index is -1.44. The van der Waals surface area contributed by atoms with Crippen molar-refractivity contribution in [2.24, 2.45) is 0 Å². The summed E-state index contributed by atoms with van der Waals surface area (Å²) in [7, 11) is 0. The van der Waals surface area contributed by atoms with Crippen molar-refractivity contribution in [2.45, 2.75) is 38.3 Å². The van der Waals surface area contributed by atoms with Gasteiger partial charge < -0.3 is 29.2 Å². The van der Waals surface area contributed by atoms with Crippen LogP contribution in [0.2, 0.25) is 0 Å². The van der Waals surface area contributed by atoms with Gasteiger partial charge >= 0.3 is 17.9 Å². The Morgan fingerprint density at radius 3 is 2.06 bits per heavy atom. The molecule has 0 fully saturated rings. The maximum Gasteiger partial charge on any atom is 0.378 e. The summed E-state index contributed by atoms with van der Waals surface area (Å²) < 4.78 is 21.7. The fraction of sp³-hybridized carbons (Fsp3) is 0.292. The predicted octanol–water partition coefficient (Wildman–Crippen LogP) is 2.33. The second-order valence-electron chi connectivity index (χ2n) is 7.21. The number of rotatable bonds is 12. The van der Waals surface area contributed by atoms with E-state index in [1.165, 1.54) is 0 Å². The standard InChI is InChI=1S/C24H24O9/c25-18(15-30-20(28)12-11-19(26)27)21-22(31-13-16-7-3-1-4-8-16)23(24(29)33-21)32-14-17-9-5-2-6-10-17/h1-10,18,21,25H,11-15H2,(H,26,27). The third-order valence-electron chi connectivity index (χ3n) is 4.67. The summed E-state index contributed by atoms with van der Waals surface area (Å²) in [5, 5.41) is 19.2. The smallest absolute Gasteiger partial charge is 0.378 e. The molecule has 0 saturated heterocycles. The molecule has 1 heterocycles. The van der Waals surface area contributed by atoms with E-state index in [0.717, 1.165) is 11.1 Å². The maximum absolute atomic E-state index is 12.5. The van der Waals surface area contributed by atoms with Crippen LogP contribution in [0.5, 0.6) is 0 Å². The molecule has 33 heavy (non-hydrogen) atoms. The largest absolute Gasteiger partial charge is 0.485 e. The molecule has 2 unspecified atom stereocenters. The predicted molar refractivity (Wildman–Crippen MR) is 113 cm³/mol. The second-order valence-corrected chi connectivity index (χ2v) is 7.21. The van der Waals surface area contributed by atoms with Gasteiger partial charge in [0.1, 0.15) is 25.9 Å². The number of aliphatic hydroxyl groups is 1. The Labute approximate surface area is 190 Å². The summed E-state index contributed by atoms with van der Waals surface area (Å²) >= 11 is 0. The fourth-order valence-corrected chi connectivity index (χ4v) is 3.00. The van der Waals surface area contributed by atoms with Crippen LogP contribution in [-0.4, -0.2) is 46.9 Å². The first kappa shape index (κ1) is 23.8. The highest BCUT2D eigenvalue weighted by Crippen LogP contribution is 2.29. The van der Waals surface area contributed by atoms with Crippen LogP contribution in [0.4, 0.5) is 0 Å². The number of carboxylic acids is 1. The third kappa shape index (κ3) is 7.08. The van der Waals surface area contributed by atoms with Gasteiger partial charge in [0.05, 0.1) is 12.8 Å². The lowest BCUT2D eigenvalue weighted by Gasteiger charge is -2.20. The average molecular weight is 456 g/mol. The third-order valence-corrected chi connectivity index (χ3v) is 4.67. The van der Waals surface area contributed by atoms with Crippen LogP contribution in [0.15, 0.2) is 72.2 Å². The quantitative estimate of drug-likeness (QED) is 0.462. The first-order chi connectivity index (χ1) is 15.9. The summed E-state index contributed by atoms with van der Waals surface area (Å²) in [6.07, 6.45) is -3.42. The van der Waals surface area contributed by atoms with Crippen molar-refractivity contribution in [3.05, 3.63) is 83.3 Å². The summed E-state index contributed by atoms with van der Waals surface area (Å²) in [6.45, 7) is -0.344. The molecule has 174 valence electrons.